The topological polar surface area (TPSA) is 75.4 Å². The molecule has 0 radical (unpaired) electrons. The Labute approximate surface area is 143 Å². The predicted octanol–water partition coefficient (Wildman–Crippen LogP) is 2.25. The van der Waals surface area contributed by atoms with Gasteiger partial charge >= 0.3 is 0 Å². The number of aromatic nitrogens is 1. The first-order chi connectivity index (χ1) is 10.3. The van der Waals surface area contributed by atoms with Crippen molar-refractivity contribution in [2.75, 3.05) is 14.1 Å². The Hall–Kier alpha value is -1.41. The van der Waals surface area contributed by atoms with Crippen LogP contribution in [0.3, 0.4) is 0 Å². The Morgan fingerprint density at radius 3 is 2.17 bits per heavy atom. The minimum Gasteiger partial charge on any atom is -0.360 e. The zero-order valence-corrected chi connectivity index (χ0v) is 15.3. The number of aryl methyl sites for hydroxylation is 2. The number of halogens is 1. The van der Waals surface area contributed by atoms with E-state index in [0.717, 1.165) is 12.1 Å². The van der Waals surface area contributed by atoms with E-state index in [-0.39, 0.29) is 23.8 Å². The number of rotatable bonds is 6. The number of benzene rings is 1. The van der Waals surface area contributed by atoms with Gasteiger partial charge in [0.05, 0.1) is 0 Å². The van der Waals surface area contributed by atoms with Crippen molar-refractivity contribution >= 4 is 22.4 Å². The molecule has 0 amide bonds. The van der Waals surface area contributed by atoms with Crippen molar-refractivity contribution < 1.29 is 12.9 Å². The third-order valence-corrected chi connectivity index (χ3v) is 4.87. The van der Waals surface area contributed by atoms with Crippen LogP contribution in [0.5, 0.6) is 0 Å². The minimum atomic E-state index is -3.62. The lowest BCUT2D eigenvalue weighted by Gasteiger charge is -2.10. The summed E-state index contributed by atoms with van der Waals surface area (Å²) in [4.78, 5) is 2.20. The summed E-state index contributed by atoms with van der Waals surface area (Å²) in [5, 5.41) is 3.68. The highest BCUT2D eigenvalue weighted by Gasteiger charge is 2.23. The summed E-state index contributed by atoms with van der Waals surface area (Å²) in [6.07, 6.45) is 0. The second-order valence-corrected chi connectivity index (χ2v) is 7.24. The van der Waals surface area contributed by atoms with Crippen LogP contribution in [0.25, 0.3) is 0 Å². The third kappa shape index (κ3) is 5.04. The normalized spacial score (nSPS) is 11.5. The van der Waals surface area contributed by atoms with Gasteiger partial charge < -0.3 is 9.42 Å². The van der Waals surface area contributed by atoms with Gasteiger partial charge in [0.25, 0.3) is 0 Å². The van der Waals surface area contributed by atoms with E-state index in [0.29, 0.717) is 11.5 Å². The van der Waals surface area contributed by atoms with Gasteiger partial charge in [-0.15, -0.1) is 12.4 Å². The first-order valence-electron chi connectivity index (χ1n) is 6.94. The maximum Gasteiger partial charge on any atom is 0.246 e. The summed E-state index contributed by atoms with van der Waals surface area (Å²) >= 11 is 0. The predicted molar refractivity (Wildman–Crippen MR) is 91.1 cm³/mol. The molecule has 0 saturated carbocycles. The van der Waals surface area contributed by atoms with Crippen molar-refractivity contribution in [2.45, 2.75) is 31.8 Å². The van der Waals surface area contributed by atoms with Crippen LogP contribution in [0.1, 0.15) is 22.6 Å². The first kappa shape index (κ1) is 19.6. The number of nitrogens with zero attached hydrogens (tertiary/aromatic N) is 2. The van der Waals surface area contributed by atoms with Crippen LogP contribution < -0.4 is 4.72 Å². The van der Waals surface area contributed by atoms with E-state index in [1.165, 1.54) is 5.56 Å². The zero-order valence-electron chi connectivity index (χ0n) is 13.7. The molecule has 0 bridgehead atoms. The quantitative estimate of drug-likeness (QED) is 0.856. The average molecular weight is 360 g/mol. The number of hydrogen-bond acceptors (Lipinski definition) is 5. The Bertz CT molecular complexity index is 720. The van der Waals surface area contributed by atoms with Crippen LogP contribution in [-0.4, -0.2) is 32.6 Å². The van der Waals surface area contributed by atoms with Crippen LogP contribution >= 0.6 is 12.4 Å². The van der Waals surface area contributed by atoms with Crippen LogP contribution in [0.15, 0.2) is 33.7 Å². The standard InChI is InChI=1S/C15H21N3O3S.ClH/c1-11-15(12(2)21-17-11)22(19,20)16-9-13-5-7-14(8-6-13)10-18(3)4;/h5-8,16H,9-10H2,1-4H3;1H. The molecule has 0 fully saturated rings. The lowest BCUT2D eigenvalue weighted by molar-refractivity contribution is 0.390. The third-order valence-electron chi connectivity index (χ3n) is 3.22. The highest BCUT2D eigenvalue weighted by molar-refractivity contribution is 7.89. The zero-order chi connectivity index (χ0) is 16.3. The van der Waals surface area contributed by atoms with E-state index in [2.05, 4.69) is 14.8 Å². The highest BCUT2D eigenvalue weighted by Crippen LogP contribution is 2.19. The molecule has 1 N–H and O–H groups in total. The lowest BCUT2D eigenvalue weighted by atomic mass is 10.1. The van der Waals surface area contributed by atoms with Crippen molar-refractivity contribution in [3.05, 3.63) is 46.8 Å². The molecule has 0 atom stereocenters. The summed E-state index contributed by atoms with van der Waals surface area (Å²) in [7, 11) is 0.391. The molecule has 0 aliphatic carbocycles. The van der Waals surface area contributed by atoms with Crippen molar-refractivity contribution in [1.82, 2.24) is 14.8 Å². The molecule has 2 aromatic rings. The molecule has 0 aliphatic rings. The monoisotopic (exact) mass is 359 g/mol. The van der Waals surface area contributed by atoms with Gasteiger partial charge in [0, 0.05) is 13.1 Å². The number of sulfonamides is 1. The molecule has 8 heteroatoms. The van der Waals surface area contributed by atoms with E-state index in [4.69, 9.17) is 4.52 Å². The molecule has 6 nitrogen and oxygen atoms in total. The Morgan fingerprint density at radius 2 is 1.70 bits per heavy atom. The summed E-state index contributed by atoms with van der Waals surface area (Å²) in [6, 6.07) is 7.85. The Balaban J connectivity index is 0.00000264. The van der Waals surface area contributed by atoms with Crippen molar-refractivity contribution in [2.24, 2.45) is 0 Å². The molecule has 1 aromatic heterocycles. The van der Waals surface area contributed by atoms with E-state index in [1.54, 1.807) is 13.8 Å². The molecule has 0 aliphatic heterocycles. The molecule has 23 heavy (non-hydrogen) atoms. The van der Waals surface area contributed by atoms with Crippen molar-refractivity contribution in [3.8, 4) is 0 Å². The molecule has 128 valence electrons. The van der Waals surface area contributed by atoms with E-state index >= 15 is 0 Å². The van der Waals surface area contributed by atoms with Crippen molar-refractivity contribution in [1.29, 1.82) is 0 Å². The van der Waals surface area contributed by atoms with Gasteiger partial charge in [0.15, 0.2) is 5.76 Å². The molecule has 1 aromatic carbocycles. The second kappa shape index (κ2) is 7.92. The van der Waals surface area contributed by atoms with E-state index < -0.39 is 10.0 Å². The lowest BCUT2D eigenvalue weighted by Crippen LogP contribution is -2.24. The summed E-state index contributed by atoms with van der Waals surface area (Å²) in [5.41, 5.74) is 2.45. The van der Waals surface area contributed by atoms with E-state index in [1.807, 2.05) is 38.4 Å². The number of hydrogen-bond donors (Lipinski definition) is 1. The molecule has 2 rings (SSSR count). The SMILES string of the molecule is Cc1noc(C)c1S(=O)(=O)NCc1ccc(CN(C)C)cc1.Cl. The van der Waals surface area contributed by atoms with Gasteiger partial charge in [0.2, 0.25) is 10.0 Å². The Morgan fingerprint density at radius 1 is 1.13 bits per heavy atom. The van der Waals surface area contributed by atoms with Gasteiger partial charge in [-0.3, -0.25) is 0 Å². The molecular weight excluding hydrogens is 338 g/mol. The van der Waals surface area contributed by atoms with Crippen LogP contribution in [0.4, 0.5) is 0 Å². The van der Waals surface area contributed by atoms with Gasteiger partial charge in [-0.05, 0) is 39.1 Å². The summed E-state index contributed by atoms with van der Waals surface area (Å²) in [5.74, 6) is 0.298. The maximum absolute atomic E-state index is 12.3. The van der Waals surface area contributed by atoms with Gasteiger partial charge in [0.1, 0.15) is 10.6 Å². The maximum atomic E-state index is 12.3. The van der Waals surface area contributed by atoms with Gasteiger partial charge in [-0.1, -0.05) is 29.4 Å². The average Bonchev–Trinajstić information content (AvgIpc) is 2.77. The molecule has 0 saturated heterocycles. The minimum absolute atomic E-state index is 0. The number of nitrogens with one attached hydrogen (secondary N) is 1. The van der Waals surface area contributed by atoms with Gasteiger partial charge in [-0.2, -0.15) is 0 Å². The van der Waals surface area contributed by atoms with Crippen LogP contribution in [0, 0.1) is 13.8 Å². The van der Waals surface area contributed by atoms with Crippen LogP contribution in [-0.2, 0) is 23.1 Å². The fourth-order valence-corrected chi connectivity index (χ4v) is 3.58. The molecular formula is C15H22ClN3O3S. The highest BCUT2D eigenvalue weighted by atomic mass is 35.5. The molecule has 1 heterocycles. The fourth-order valence-electron chi connectivity index (χ4n) is 2.24. The molecule has 0 spiro atoms. The fraction of sp³-hybridized carbons (Fsp3) is 0.400. The largest absolute Gasteiger partial charge is 0.360 e. The van der Waals surface area contributed by atoms with Crippen molar-refractivity contribution in [3.63, 3.8) is 0 Å². The summed E-state index contributed by atoms with van der Waals surface area (Å²) in [6.45, 7) is 4.28. The molecule has 0 unspecified atom stereocenters. The second-order valence-electron chi connectivity index (χ2n) is 5.53. The van der Waals surface area contributed by atoms with Crippen LogP contribution in [0.2, 0.25) is 0 Å². The van der Waals surface area contributed by atoms with Gasteiger partial charge in [-0.25, -0.2) is 13.1 Å². The summed E-state index contributed by atoms with van der Waals surface area (Å²) < 4.78 is 32.1. The Kier molecular flexibility index (Phi) is 6.76. The first-order valence-corrected chi connectivity index (χ1v) is 8.43. The van der Waals surface area contributed by atoms with E-state index in [9.17, 15) is 8.42 Å². The smallest absolute Gasteiger partial charge is 0.246 e.